The maximum absolute atomic E-state index is 4.92. The van der Waals surface area contributed by atoms with E-state index >= 15 is 0 Å². The zero-order valence-electron chi connectivity index (χ0n) is 12.5. The molecule has 19 heavy (non-hydrogen) atoms. The number of nitrogens with zero attached hydrogens (tertiary/aromatic N) is 4. The minimum atomic E-state index is 0.772. The molecule has 0 saturated heterocycles. The Bertz CT molecular complexity index is 461. The summed E-state index contributed by atoms with van der Waals surface area (Å²) in [6.45, 7) is 5.01. The minimum absolute atomic E-state index is 0.772. The van der Waals surface area contributed by atoms with E-state index in [4.69, 9.17) is 4.74 Å². The number of imidazole rings is 2. The second-order valence-electron chi connectivity index (χ2n) is 4.63. The van der Waals surface area contributed by atoms with Crippen LogP contribution in [0, 0.1) is 0 Å². The summed E-state index contributed by atoms with van der Waals surface area (Å²) in [4.78, 5) is 0. The zero-order valence-corrected chi connectivity index (χ0v) is 12.5. The third kappa shape index (κ3) is 6.20. The van der Waals surface area contributed by atoms with Gasteiger partial charge in [0.05, 0.1) is 27.2 Å². The van der Waals surface area contributed by atoms with E-state index in [1.807, 2.05) is 37.4 Å². The van der Waals surface area contributed by atoms with Crippen molar-refractivity contribution < 1.29 is 13.9 Å². The van der Waals surface area contributed by atoms with Crippen molar-refractivity contribution in [2.45, 2.75) is 26.4 Å². The van der Waals surface area contributed by atoms with E-state index in [2.05, 4.69) is 39.3 Å². The van der Waals surface area contributed by atoms with Gasteiger partial charge in [-0.3, -0.25) is 0 Å². The van der Waals surface area contributed by atoms with Crippen LogP contribution in [0.5, 0.6) is 0 Å². The maximum atomic E-state index is 4.92. The van der Waals surface area contributed by atoms with Crippen LogP contribution in [0.1, 0.15) is 13.3 Å². The standard InChI is InChI=1S/C7H13N2O.C7H13N2/c1-8-3-4-9(7-8)5-6-10-2;1-3-4-9-6-5-8(2)7-9/h3-4,7H,5-6H2,1-2H3;5-7H,3-4H2,1-2H3/q2*+1. The van der Waals surface area contributed by atoms with Gasteiger partial charge in [0.2, 0.25) is 12.7 Å². The van der Waals surface area contributed by atoms with Crippen molar-refractivity contribution in [3.05, 3.63) is 37.4 Å². The predicted octanol–water partition coefficient (Wildman–Crippen LogP) is 0.682. The molecule has 0 N–H and O–H groups in total. The summed E-state index contributed by atoms with van der Waals surface area (Å²) < 4.78 is 13.3. The first-order chi connectivity index (χ1) is 9.15. The molecule has 0 atom stereocenters. The molecule has 0 amide bonds. The number of ether oxygens (including phenoxy) is 1. The van der Waals surface area contributed by atoms with E-state index in [1.54, 1.807) is 7.11 Å². The second-order valence-corrected chi connectivity index (χ2v) is 4.63. The highest BCUT2D eigenvalue weighted by Gasteiger charge is 1.97. The van der Waals surface area contributed by atoms with Crippen molar-refractivity contribution in [2.24, 2.45) is 14.1 Å². The molecule has 0 radical (unpaired) electrons. The van der Waals surface area contributed by atoms with E-state index < -0.39 is 0 Å². The fraction of sp³-hybridized carbons (Fsp3) is 0.571. The molecule has 106 valence electrons. The van der Waals surface area contributed by atoms with Gasteiger partial charge in [-0.2, -0.15) is 0 Å². The lowest BCUT2D eigenvalue weighted by Crippen LogP contribution is -2.24. The lowest BCUT2D eigenvalue weighted by Gasteiger charge is -1.92. The summed E-state index contributed by atoms with van der Waals surface area (Å²) in [7, 11) is 5.75. The van der Waals surface area contributed by atoms with Gasteiger partial charge in [-0.15, -0.1) is 0 Å². The Hall–Kier alpha value is -1.62. The van der Waals surface area contributed by atoms with Crippen molar-refractivity contribution in [2.75, 3.05) is 13.7 Å². The number of hydrogen-bond acceptors (Lipinski definition) is 1. The Morgan fingerprint density at radius 1 is 0.947 bits per heavy atom. The summed E-state index contributed by atoms with van der Waals surface area (Å²) in [5, 5.41) is 0. The monoisotopic (exact) mass is 266 g/mol. The fourth-order valence-corrected chi connectivity index (χ4v) is 1.72. The lowest BCUT2D eigenvalue weighted by atomic mass is 10.5. The molecule has 2 aromatic heterocycles. The maximum Gasteiger partial charge on any atom is 0.243 e. The van der Waals surface area contributed by atoms with Crippen molar-refractivity contribution in [1.82, 2.24) is 9.13 Å². The molecule has 0 spiro atoms. The van der Waals surface area contributed by atoms with Crippen molar-refractivity contribution in [3.63, 3.8) is 0 Å². The van der Waals surface area contributed by atoms with E-state index in [0.29, 0.717) is 0 Å². The van der Waals surface area contributed by atoms with Crippen LogP contribution in [0.2, 0.25) is 0 Å². The molecule has 0 aliphatic heterocycles. The van der Waals surface area contributed by atoms with E-state index in [1.165, 1.54) is 6.42 Å². The van der Waals surface area contributed by atoms with Crippen LogP contribution in [0.3, 0.4) is 0 Å². The van der Waals surface area contributed by atoms with Gasteiger partial charge < -0.3 is 4.74 Å². The molecule has 0 saturated carbocycles. The van der Waals surface area contributed by atoms with Crippen LogP contribution in [-0.2, 0) is 31.9 Å². The molecular weight excluding hydrogens is 240 g/mol. The number of rotatable bonds is 5. The summed E-state index contributed by atoms with van der Waals surface area (Å²) in [5.74, 6) is 0. The van der Waals surface area contributed by atoms with Gasteiger partial charge in [0.1, 0.15) is 31.3 Å². The predicted molar refractivity (Wildman–Crippen MR) is 73.4 cm³/mol. The molecule has 0 fully saturated rings. The highest BCUT2D eigenvalue weighted by atomic mass is 16.5. The Labute approximate surface area is 115 Å². The van der Waals surface area contributed by atoms with Gasteiger partial charge in [-0.1, -0.05) is 6.92 Å². The van der Waals surface area contributed by atoms with Gasteiger partial charge in [0, 0.05) is 7.11 Å². The molecule has 0 bridgehead atoms. The van der Waals surface area contributed by atoms with Crippen molar-refractivity contribution in [1.29, 1.82) is 0 Å². The summed E-state index contributed by atoms with van der Waals surface area (Å²) in [6, 6.07) is 0. The van der Waals surface area contributed by atoms with Crippen molar-refractivity contribution in [3.8, 4) is 0 Å². The van der Waals surface area contributed by atoms with Gasteiger partial charge in [0.25, 0.3) is 0 Å². The van der Waals surface area contributed by atoms with Crippen LogP contribution in [0.4, 0.5) is 0 Å². The van der Waals surface area contributed by atoms with Gasteiger partial charge in [-0.25, -0.2) is 18.3 Å². The smallest absolute Gasteiger partial charge is 0.243 e. The highest BCUT2D eigenvalue weighted by Crippen LogP contribution is 1.85. The van der Waals surface area contributed by atoms with Crippen LogP contribution >= 0.6 is 0 Å². The molecule has 0 aromatic carbocycles. The summed E-state index contributed by atoms with van der Waals surface area (Å²) in [5.41, 5.74) is 0. The highest BCUT2D eigenvalue weighted by molar-refractivity contribution is 4.65. The van der Waals surface area contributed by atoms with Crippen LogP contribution < -0.4 is 9.13 Å². The molecule has 0 aliphatic rings. The largest absolute Gasteiger partial charge is 0.381 e. The quantitative estimate of drug-likeness (QED) is 0.731. The van der Waals surface area contributed by atoms with E-state index in [9.17, 15) is 0 Å². The van der Waals surface area contributed by atoms with Gasteiger partial charge in [-0.05, 0) is 6.42 Å². The SMILES string of the molecule is CCCn1cc[n+](C)c1.COCCn1cc[n+](C)c1. The topological polar surface area (TPSA) is 26.8 Å². The molecular formula is C14H26N4O+2. The fourth-order valence-electron chi connectivity index (χ4n) is 1.72. The number of aryl methyl sites for hydroxylation is 3. The van der Waals surface area contributed by atoms with E-state index in [0.717, 1.165) is 19.7 Å². The Morgan fingerprint density at radius 2 is 1.47 bits per heavy atom. The lowest BCUT2D eigenvalue weighted by molar-refractivity contribution is -0.671. The zero-order chi connectivity index (χ0) is 14.1. The third-order valence-electron chi connectivity index (χ3n) is 2.68. The second kappa shape index (κ2) is 8.48. The number of aromatic nitrogens is 4. The molecule has 2 heterocycles. The first-order valence-electron chi connectivity index (χ1n) is 6.66. The summed E-state index contributed by atoms with van der Waals surface area (Å²) in [6.07, 6.45) is 13.5. The molecule has 2 rings (SSSR count). The average molecular weight is 266 g/mol. The van der Waals surface area contributed by atoms with Crippen molar-refractivity contribution >= 4 is 0 Å². The van der Waals surface area contributed by atoms with Crippen LogP contribution in [0.25, 0.3) is 0 Å². The Kier molecular flexibility index (Phi) is 6.89. The number of hydrogen-bond donors (Lipinski definition) is 0. The van der Waals surface area contributed by atoms with Gasteiger partial charge in [0.15, 0.2) is 0 Å². The molecule has 5 heteroatoms. The average Bonchev–Trinajstić information content (AvgIpc) is 2.97. The van der Waals surface area contributed by atoms with Gasteiger partial charge >= 0.3 is 0 Å². The normalized spacial score (nSPS) is 10.1. The molecule has 5 nitrogen and oxygen atoms in total. The summed E-state index contributed by atoms with van der Waals surface area (Å²) >= 11 is 0. The minimum Gasteiger partial charge on any atom is -0.381 e. The Balaban J connectivity index is 0.000000191. The first kappa shape index (κ1) is 15.4. The van der Waals surface area contributed by atoms with Crippen LogP contribution in [-0.4, -0.2) is 22.9 Å². The molecule has 2 aromatic rings. The first-order valence-corrected chi connectivity index (χ1v) is 6.66. The van der Waals surface area contributed by atoms with Crippen LogP contribution in [0.15, 0.2) is 37.4 Å². The van der Waals surface area contributed by atoms with E-state index in [-0.39, 0.29) is 0 Å². The third-order valence-corrected chi connectivity index (χ3v) is 2.68. The molecule has 0 aliphatic carbocycles. The Morgan fingerprint density at radius 3 is 1.84 bits per heavy atom. The number of methoxy groups -OCH3 is 1. The molecule has 0 unspecified atom stereocenters.